The third-order valence-electron chi connectivity index (χ3n) is 3.11. The highest BCUT2D eigenvalue weighted by molar-refractivity contribution is 6.32. The van der Waals surface area contributed by atoms with E-state index < -0.39 is 5.82 Å². The molecule has 1 aliphatic rings. The summed E-state index contributed by atoms with van der Waals surface area (Å²) in [7, 11) is 0. The van der Waals surface area contributed by atoms with Crippen LogP contribution in [0.4, 0.5) is 4.39 Å². The van der Waals surface area contributed by atoms with E-state index in [9.17, 15) is 9.18 Å². The molecular weight excluding hydrogens is 273 g/mol. The van der Waals surface area contributed by atoms with Crippen molar-refractivity contribution < 1.29 is 14.3 Å². The minimum Gasteiger partial charge on any atom is -0.395 e. The largest absolute Gasteiger partial charge is 0.395 e. The fourth-order valence-corrected chi connectivity index (χ4v) is 2.24. The van der Waals surface area contributed by atoms with Crippen molar-refractivity contribution in [3.63, 3.8) is 0 Å². The second kappa shape index (κ2) is 6.27. The Kier molecular flexibility index (Phi) is 4.68. The van der Waals surface area contributed by atoms with Crippen molar-refractivity contribution in [1.29, 1.82) is 0 Å². The first-order valence-electron chi connectivity index (χ1n) is 6.05. The van der Waals surface area contributed by atoms with Crippen LogP contribution in [0.15, 0.2) is 12.3 Å². The smallest absolute Gasteiger partial charge is 0.257 e. The minimum atomic E-state index is -0.577. The summed E-state index contributed by atoms with van der Waals surface area (Å²) in [6, 6.07) is 1.11. The maximum absolute atomic E-state index is 13.1. The van der Waals surface area contributed by atoms with Crippen LogP contribution < -0.4 is 0 Å². The van der Waals surface area contributed by atoms with Crippen LogP contribution in [0.1, 0.15) is 10.4 Å². The number of hydrogen-bond acceptors (Lipinski definition) is 4. The molecule has 2 heterocycles. The topological polar surface area (TPSA) is 56.7 Å². The zero-order valence-corrected chi connectivity index (χ0v) is 11.1. The van der Waals surface area contributed by atoms with Crippen molar-refractivity contribution in [3.05, 3.63) is 28.8 Å². The van der Waals surface area contributed by atoms with Crippen LogP contribution in [0.3, 0.4) is 0 Å². The summed E-state index contributed by atoms with van der Waals surface area (Å²) in [6.07, 6.45) is 0.984. The molecule has 1 amide bonds. The number of piperazine rings is 1. The van der Waals surface area contributed by atoms with E-state index in [4.69, 9.17) is 16.7 Å². The molecule has 5 nitrogen and oxygen atoms in total. The molecule has 2 rings (SSSR count). The Morgan fingerprint density at radius 3 is 2.74 bits per heavy atom. The Hall–Kier alpha value is -1.24. The molecule has 0 aliphatic carbocycles. The van der Waals surface area contributed by atoms with Crippen LogP contribution in [-0.4, -0.2) is 65.1 Å². The Bertz CT molecular complexity index is 464. The van der Waals surface area contributed by atoms with Gasteiger partial charge in [0.15, 0.2) is 0 Å². The van der Waals surface area contributed by atoms with E-state index in [0.29, 0.717) is 32.7 Å². The van der Waals surface area contributed by atoms with Crippen molar-refractivity contribution in [3.8, 4) is 0 Å². The number of carbonyl (C=O) groups is 1. The number of aromatic nitrogens is 1. The van der Waals surface area contributed by atoms with Gasteiger partial charge in [-0.15, -0.1) is 0 Å². The first-order chi connectivity index (χ1) is 9.11. The summed E-state index contributed by atoms with van der Waals surface area (Å²) >= 11 is 5.82. The Balaban J connectivity index is 2.03. The van der Waals surface area contributed by atoms with E-state index in [1.165, 1.54) is 0 Å². The highest BCUT2D eigenvalue weighted by Gasteiger charge is 2.24. The summed E-state index contributed by atoms with van der Waals surface area (Å²) in [4.78, 5) is 19.5. The van der Waals surface area contributed by atoms with Crippen LogP contribution in [0, 0.1) is 5.82 Å². The van der Waals surface area contributed by atoms with E-state index in [1.54, 1.807) is 4.90 Å². The average molecular weight is 288 g/mol. The molecule has 0 saturated carbocycles. The predicted octanol–water partition coefficient (Wildman–Crippen LogP) is 0.624. The number of rotatable bonds is 3. The summed E-state index contributed by atoms with van der Waals surface area (Å²) in [5.74, 6) is -0.882. The molecule has 1 aromatic rings. The second-order valence-electron chi connectivity index (χ2n) is 4.35. The summed E-state index contributed by atoms with van der Waals surface area (Å²) in [5, 5.41) is 8.87. The average Bonchev–Trinajstić information content (AvgIpc) is 2.42. The molecular formula is C12H15ClFN3O2. The van der Waals surface area contributed by atoms with Gasteiger partial charge in [0, 0.05) is 32.7 Å². The third-order valence-corrected chi connectivity index (χ3v) is 3.41. The van der Waals surface area contributed by atoms with E-state index in [-0.39, 0.29) is 23.2 Å². The fourth-order valence-electron chi connectivity index (χ4n) is 2.06. The van der Waals surface area contributed by atoms with E-state index in [2.05, 4.69) is 9.88 Å². The van der Waals surface area contributed by atoms with Gasteiger partial charge in [-0.2, -0.15) is 0 Å². The number of carbonyl (C=O) groups excluding carboxylic acids is 1. The molecule has 0 bridgehead atoms. The van der Waals surface area contributed by atoms with E-state index in [0.717, 1.165) is 12.3 Å². The van der Waals surface area contributed by atoms with Crippen molar-refractivity contribution in [1.82, 2.24) is 14.8 Å². The number of nitrogens with zero attached hydrogens (tertiary/aromatic N) is 3. The molecule has 1 saturated heterocycles. The minimum absolute atomic E-state index is 0.0178. The lowest BCUT2D eigenvalue weighted by atomic mass is 10.2. The summed E-state index contributed by atoms with van der Waals surface area (Å²) in [6.45, 7) is 3.15. The standard InChI is InChI=1S/C12H15ClFN3O2/c13-11-10(7-9(14)8-15-11)12(19)17-3-1-16(2-4-17)5-6-18/h7-8,18H,1-6H2. The third kappa shape index (κ3) is 3.40. The van der Waals surface area contributed by atoms with Gasteiger partial charge in [-0.25, -0.2) is 9.37 Å². The zero-order chi connectivity index (χ0) is 13.8. The quantitative estimate of drug-likeness (QED) is 0.828. The van der Waals surface area contributed by atoms with Crippen LogP contribution in [0.25, 0.3) is 0 Å². The van der Waals surface area contributed by atoms with Gasteiger partial charge in [-0.1, -0.05) is 11.6 Å². The Morgan fingerprint density at radius 1 is 1.42 bits per heavy atom. The number of aliphatic hydroxyl groups is 1. The number of amides is 1. The number of β-amino-alcohol motifs (C(OH)–C–C–N with tert-alkyl or cyclic N) is 1. The molecule has 104 valence electrons. The number of halogens is 2. The molecule has 1 aromatic heterocycles. The van der Waals surface area contributed by atoms with Crippen molar-refractivity contribution in [2.45, 2.75) is 0 Å². The maximum Gasteiger partial charge on any atom is 0.257 e. The molecule has 0 spiro atoms. The van der Waals surface area contributed by atoms with Crippen molar-refractivity contribution >= 4 is 17.5 Å². The van der Waals surface area contributed by atoms with Crippen molar-refractivity contribution in [2.24, 2.45) is 0 Å². The van der Waals surface area contributed by atoms with Gasteiger partial charge in [0.1, 0.15) is 11.0 Å². The lowest BCUT2D eigenvalue weighted by Crippen LogP contribution is -2.49. The maximum atomic E-state index is 13.1. The summed E-state index contributed by atoms with van der Waals surface area (Å²) < 4.78 is 13.1. The first kappa shape index (κ1) is 14.2. The molecule has 0 atom stereocenters. The lowest BCUT2D eigenvalue weighted by Gasteiger charge is -2.34. The highest BCUT2D eigenvalue weighted by Crippen LogP contribution is 2.17. The van der Waals surface area contributed by atoms with Crippen LogP contribution >= 0.6 is 11.6 Å². The van der Waals surface area contributed by atoms with Gasteiger partial charge in [-0.3, -0.25) is 9.69 Å². The van der Waals surface area contributed by atoms with Gasteiger partial charge in [0.2, 0.25) is 0 Å². The molecule has 0 aromatic carbocycles. The molecule has 7 heteroatoms. The SMILES string of the molecule is O=C(c1cc(F)cnc1Cl)N1CCN(CCO)CC1. The van der Waals surface area contributed by atoms with Gasteiger partial charge in [0.05, 0.1) is 18.4 Å². The number of pyridine rings is 1. The zero-order valence-electron chi connectivity index (χ0n) is 10.4. The van der Waals surface area contributed by atoms with Gasteiger partial charge in [0.25, 0.3) is 5.91 Å². The van der Waals surface area contributed by atoms with E-state index >= 15 is 0 Å². The molecule has 1 aliphatic heterocycles. The predicted molar refractivity (Wildman–Crippen MR) is 68.6 cm³/mol. The molecule has 1 fully saturated rings. The summed E-state index contributed by atoms with van der Waals surface area (Å²) in [5.41, 5.74) is 0.0947. The lowest BCUT2D eigenvalue weighted by molar-refractivity contribution is 0.0614. The van der Waals surface area contributed by atoms with Crippen LogP contribution in [-0.2, 0) is 0 Å². The number of hydrogen-bond donors (Lipinski definition) is 1. The second-order valence-corrected chi connectivity index (χ2v) is 4.71. The van der Waals surface area contributed by atoms with Gasteiger partial charge < -0.3 is 10.0 Å². The Morgan fingerprint density at radius 2 is 2.11 bits per heavy atom. The van der Waals surface area contributed by atoms with Crippen LogP contribution in [0.5, 0.6) is 0 Å². The van der Waals surface area contributed by atoms with Gasteiger partial charge >= 0.3 is 0 Å². The van der Waals surface area contributed by atoms with Gasteiger partial charge in [-0.05, 0) is 6.07 Å². The van der Waals surface area contributed by atoms with Crippen molar-refractivity contribution in [2.75, 3.05) is 39.3 Å². The highest BCUT2D eigenvalue weighted by atomic mass is 35.5. The molecule has 19 heavy (non-hydrogen) atoms. The Labute approximate surface area is 115 Å². The first-order valence-corrected chi connectivity index (χ1v) is 6.43. The van der Waals surface area contributed by atoms with Crippen LogP contribution in [0.2, 0.25) is 5.15 Å². The fraction of sp³-hybridized carbons (Fsp3) is 0.500. The number of aliphatic hydroxyl groups excluding tert-OH is 1. The van der Waals surface area contributed by atoms with E-state index in [1.807, 2.05) is 0 Å². The monoisotopic (exact) mass is 287 g/mol. The molecule has 0 radical (unpaired) electrons. The molecule has 1 N–H and O–H groups in total. The normalized spacial score (nSPS) is 16.7. The molecule has 0 unspecified atom stereocenters.